The maximum Gasteiger partial charge on any atom is 0.236 e. The molecule has 1 amide bonds. The van der Waals surface area contributed by atoms with Crippen molar-refractivity contribution in [2.75, 3.05) is 33.2 Å². The minimum atomic E-state index is 0.207. The lowest BCUT2D eigenvalue weighted by atomic mass is 10.0. The van der Waals surface area contributed by atoms with E-state index in [2.05, 4.69) is 34.0 Å². The fraction of sp³-hybridized carbons (Fsp3) is 0.688. The van der Waals surface area contributed by atoms with Crippen molar-refractivity contribution < 1.29 is 4.79 Å². The zero-order valence-electron chi connectivity index (χ0n) is 13.2. The summed E-state index contributed by atoms with van der Waals surface area (Å²) in [5, 5.41) is 7.72. The van der Waals surface area contributed by atoms with Gasteiger partial charge in [0.15, 0.2) is 0 Å². The molecule has 1 N–H and O–H groups in total. The predicted molar refractivity (Wildman–Crippen MR) is 88.5 cm³/mol. The predicted octanol–water partition coefficient (Wildman–Crippen LogP) is 2.17. The second kappa shape index (κ2) is 8.51. The first-order valence-corrected chi connectivity index (χ1v) is 8.84. The minimum absolute atomic E-state index is 0.207. The molecule has 0 aromatic carbocycles. The highest BCUT2D eigenvalue weighted by Gasteiger charge is 2.19. The van der Waals surface area contributed by atoms with E-state index in [9.17, 15) is 4.79 Å². The quantitative estimate of drug-likeness (QED) is 0.838. The number of thiophene rings is 1. The lowest BCUT2D eigenvalue weighted by Gasteiger charge is -2.30. The van der Waals surface area contributed by atoms with E-state index in [-0.39, 0.29) is 5.91 Å². The molecule has 5 heteroatoms. The molecule has 0 radical (unpaired) electrons. The third-order valence-electron chi connectivity index (χ3n) is 4.12. The molecule has 1 aromatic heterocycles. The van der Waals surface area contributed by atoms with Crippen LogP contribution in [0.25, 0.3) is 0 Å². The molecule has 2 rings (SSSR count). The molecule has 21 heavy (non-hydrogen) atoms. The van der Waals surface area contributed by atoms with Gasteiger partial charge in [-0.15, -0.1) is 0 Å². The van der Waals surface area contributed by atoms with Crippen LogP contribution in [0, 0.1) is 0 Å². The van der Waals surface area contributed by atoms with Gasteiger partial charge in [0.05, 0.1) is 6.54 Å². The number of amides is 1. The van der Waals surface area contributed by atoms with Gasteiger partial charge >= 0.3 is 0 Å². The van der Waals surface area contributed by atoms with Gasteiger partial charge in [0.25, 0.3) is 0 Å². The van der Waals surface area contributed by atoms with E-state index in [1.54, 1.807) is 11.3 Å². The van der Waals surface area contributed by atoms with E-state index in [4.69, 9.17) is 0 Å². The van der Waals surface area contributed by atoms with E-state index < -0.39 is 0 Å². The van der Waals surface area contributed by atoms with Crippen molar-refractivity contribution in [3.8, 4) is 0 Å². The number of nitrogens with one attached hydrogen (secondary N) is 1. The van der Waals surface area contributed by atoms with Crippen LogP contribution in [0.15, 0.2) is 16.8 Å². The smallest absolute Gasteiger partial charge is 0.236 e. The first kappa shape index (κ1) is 16.5. The number of nitrogens with zero attached hydrogens (tertiary/aromatic N) is 2. The average molecular weight is 309 g/mol. The molecule has 0 saturated carbocycles. The van der Waals surface area contributed by atoms with Gasteiger partial charge in [-0.25, -0.2) is 0 Å². The standard InChI is InChI=1S/C16H27N3OS/c1-3-19(11-15-6-4-5-8-17-15)12-16(20)18(2)10-14-7-9-21-13-14/h7,9,13,15,17H,3-6,8,10-12H2,1-2H3. The number of rotatable bonds is 7. The molecular weight excluding hydrogens is 282 g/mol. The number of piperidine rings is 1. The molecule has 1 saturated heterocycles. The number of carbonyl (C=O) groups is 1. The van der Waals surface area contributed by atoms with Gasteiger partial charge in [-0.1, -0.05) is 13.3 Å². The van der Waals surface area contributed by atoms with Crippen LogP contribution in [-0.2, 0) is 11.3 Å². The Bertz CT molecular complexity index is 415. The summed E-state index contributed by atoms with van der Waals surface area (Å²) in [5.41, 5.74) is 1.22. The summed E-state index contributed by atoms with van der Waals surface area (Å²) in [6.45, 7) is 6.39. The first-order chi connectivity index (χ1) is 10.2. The highest BCUT2D eigenvalue weighted by molar-refractivity contribution is 7.07. The Morgan fingerprint density at radius 2 is 2.33 bits per heavy atom. The summed E-state index contributed by atoms with van der Waals surface area (Å²) in [6.07, 6.45) is 3.82. The second-order valence-electron chi connectivity index (χ2n) is 5.86. The van der Waals surface area contributed by atoms with Crippen molar-refractivity contribution in [1.29, 1.82) is 0 Å². The van der Waals surface area contributed by atoms with Crippen molar-refractivity contribution >= 4 is 17.2 Å². The monoisotopic (exact) mass is 309 g/mol. The topological polar surface area (TPSA) is 35.6 Å². The van der Waals surface area contributed by atoms with Crippen molar-refractivity contribution in [2.45, 2.75) is 38.8 Å². The van der Waals surface area contributed by atoms with Crippen LogP contribution in [0.4, 0.5) is 0 Å². The summed E-state index contributed by atoms with van der Waals surface area (Å²) in [4.78, 5) is 16.4. The molecule has 1 unspecified atom stereocenters. The molecule has 0 aliphatic carbocycles. The normalized spacial score (nSPS) is 18.9. The molecule has 1 fully saturated rings. The molecule has 0 bridgehead atoms. The van der Waals surface area contributed by atoms with Gasteiger partial charge in [0.1, 0.15) is 0 Å². The molecule has 1 atom stereocenters. The Balaban J connectivity index is 1.78. The minimum Gasteiger partial charge on any atom is -0.340 e. The Morgan fingerprint density at radius 1 is 1.48 bits per heavy atom. The van der Waals surface area contributed by atoms with Crippen LogP contribution in [0.3, 0.4) is 0 Å². The summed E-state index contributed by atoms with van der Waals surface area (Å²) < 4.78 is 0. The van der Waals surface area contributed by atoms with Gasteiger partial charge in [-0.05, 0) is 48.3 Å². The Hall–Kier alpha value is -0.910. The maximum atomic E-state index is 12.3. The Morgan fingerprint density at radius 3 is 2.95 bits per heavy atom. The van der Waals surface area contributed by atoms with E-state index >= 15 is 0 Å². The summed E-state index contributed by atoms with van der Waals surface area (Å²) in [5.74, 6) is 0.207. The zero-order chi connectivity index (χ0) is 15.1. The summed E-state index contributed by atoms with van der Waals surface area (Å²) in [6, 6.07) is 2.63. The van der Waals surface area contributed by atoms with Crippen LogP contribution < -0.4 is 5.32 Å². The largest absolute Gasteiger partial charge is 0.340 e. The molecular formula is C16H27N3OS. The van der Waals surface area contributed by atoms with Crippen LogP contribution in [-0.4, -0.2) is 55.0 Å². The highest BCUT2D eigenvalue weighted by atomic mass is 32.1. The number of hydrogen-bond acceptors (Lipinski definition) is 4. The van der Waals surface area contributed by atoms with Gasteiger partial charge in [0.2, 0.25) is 5.91 Å². The van der Waals surface area contributed by atoms with Crippen LogP contribution in [0.5, 0.6) is 0 Å². The van der Waals surface area contributed by atoms with Gasteiger partial charge in [0, 0.05) is 26.2 Å². The van der Waals surface area contributed by atoms with Crippen molar-refractivity contribution in [1.82, 2.24) is 15.1 Å². The van der Waals surface area contributed by atoms with Crippen LogP contribution in [0.2, 0.25) is 0 Å². The fourth-order valence-electron chi connectivity index (χ4n) is 2.75. The third kappa shape index (κ3) is 5.41. The maximum absolute atomic E-state index is 12.3. The molecule has 4 nitrogen and oxygen atoms in total. The van der Waals surface area contributed by atoms with E-state index in [1.165, 1.54) is 24.8 Å². The Labute approximate surface area is 132 Å². The third-order valence-corrected chi connectivity index (χ3v) is 4.85. The van der Waals surface area contributed by atoms with Gasteiger partial charge < -0.3 is 10.2 Å². The number of carbonyl (C=O) groups excluding carboxylic acids is 1. The molecule has 0 spiro atoms. The summed E-state index contributed by atoms with van der Waals surface area (Å²) in [7, 11) is 1.90. The zero-order valence-corrected chi connectivity index (χ0v) is 14.0. The lowest BCUT2D eigenvalue weighted by molar-refractivity contribution is -0.131. The average Bonchev–Trinajstić information content (AvgIpc) is 3.00. The fourth-order valence-corrected chi connectivity index (χ4v) is 3.41. The molecule has 1 aliphatic heterocycles. The van der Waals surface area contributed by atoms with E-state index in [0.717, 1.165) is 19.6 Å². The molecule has 2 heterocycles. The van der Waals surface area contributed by atoms with Crippen molar-refractivity contribution in [3.63, 3.8) is 0 Å². The van der Waals surface area contributed by atoms with Crippen molar-refractivity contribution in [2.24, 2.45) is 0 Å². The molecule has 118 valence electrons. The number of hydrogen-bond donors (Lipinski definition) is 1. The van der Waals surface area contributed by atoms with Crippen molar-refractivity contribution in [3.05, 3.63) is 22.4 Å². The van der Waals surface area contributed by atoms with Gasteiger partial charge in [-0.3, -0.25) is 9.69 Å². The second-order valence-corrected chi connectivity index (χ2v) is 6.64. The van der Waals surface area contributed by atoms with Crippen LogP contribution in [0.1, 0.15) is 31.7 Å². The van der Waals surface area contributed by atoms with Gasteiger partial charge in [-0.2, -0.15) is 11.3 Å². The van der Waals surface area contributed by atoms with E-state index in [1.807, 2.05) is 11.9 Å². The molecule has 1 aliphatic rings. The number of likely N-dealkylation sites (N-methyl/N-ethyl adjacent to an activating group) is 2. The Kier molecular flexibility index (Phi) is 6.67. The van der Waals surface area contributed by atoms with E-state index in [0.29, 0.717) is 19.1 Å². The molecule has 1 aromatic rings. The van der Waals surface area contributed by atoms with Crippen LogP contribution >= 0.6 is 11.3 Å². The first-order valence-electron chi connectivity index (χ1n) is 7.89. The summed E-state index contributed by atoms with van der Waals surface area (Å²) >= 11 is 1.68. The highest BCUT2D eigenvalue weighted by Crippen LogP contribution is 2.10. The SMILES string of the molecule is CCN(CC(=O)N(C)Cc1ccsc1)CC1CCCCN1. The lowest BCUT2D eigenvalue weighted by Crippen LogP contribution is -2.46.